The number of fused-ring (bicyclic) bond motifs is 4. The van der Waals surface area contributed by atoms with Crippen molar-refractivity contribution in [3.05, 3.63) is 169 Å². The zero-order valence-corrected chi connectivity index (χ0v) is 24.8. The Hall–Kier alpha value is -5.80. The minimum absolute atomic E-state index is 0.688. The number of benzene rings is 8. The van der Waals surface area contributed by atoms with Gasteiger partial charge in [-0.05, 0) is 103 Å². The highest BCUT2D eigenvalue weighted by Crippen LogP contribution is 2.34. The van der Waals surface area contributed by atoms with Gasteiger partial charge in [0.05, 0.1) is 5.69 Å². The lowest BCUT2D eigenvalue weighted by Crippen LogP contribution is -2.03. The van der Waals surface area contributed by atoms with Crippen LogP contribution in [0.25, 0.3) is 43.1 Å². The summed E-state index contributed by atoms with van der Waals surface area (Å²) >= 11 is 0. The number of nitrogens with one attached hydrogen (secondary N) is 2. The minimum Gasteiger partial charge on any atom is -0.455 e. The molecule has 0 saturated carbocycles. The van der Waals surface area contributed by atoms with Crippen LogP contribution in [0, 0.1) is 0 Å². The van der Waals surface area contributed by atoms with Gasteiger partial charge in [0.2, 0.25) is 0 Å². The number of para-hydroxylation sites is 2. The second-order valence-corrected chi connectivity index (χ2v) is 11.4. The van der Waals surface area contributed by atoms with E-state index < -0.39 is 0 Å². The van der Waals surface area contributed by atoms with E-state index in [-0.39, 0.29) is 0 Å². The summed E-state index contributed by atoms with van der Waals surface area (Å²) in [5, 5.41) is 17.4. The van der Waals surface area contributed by atoms with E-state index >= 15 is 0 Å². The smallest absolute Gasteiger partial charge is 0.150 e. The molecule has 0 heterocycles. The van der Waals surface area contributed by atoms with Gasteiger partial charge in [-0.25, -0.2) is 0 Å². The van der Waals surface area contributed by atoms with Crippen LogP contribution >= 0.6 is 0 Å². The Morgan fingerprint density at radius 1 is 0.400 bits per heavy atom. The Labute approximate surface area is 262 Å². The van der Waals surface area contributed by atoms with Crippen LogP contribution in [0.15, 0.2) is 158 Å². The number of hydrogen-bond donors (Lipinski definition) is 2. The SMILES string of the molecule is c1ccc(Oc2ccc(NCc3c4ccccc4cc4ccccc34)cc2)c(NCc2c3ccccc3cc3ccccc23)c1. The zero-order valence-electron chi connectivity index (χ0n) is 24.8. The Morgan fingerprint density at radius 3 is 1.33 bits per heavy atom. The Balaban J connectivity index is 1.01. The van der Waals surface area contributed by atoms with Crippen LogP contribution in [0.2, 0.25) is 0 Å². The molecule has 8 aromatic carbocycles. The number of anilines is 2. The third-order valence-electron chi connectivity index (χ3n) is 8.66. The molecule has 0 amide bonds. The molecule has 8 aromatic rings. The van der Waals surface area contributed by atoms with E-state index in [9.17, 15) is 0 Å². The molecule has 2 N–H and O–H groups in total. The number of ether oxygens (including phenoxy) is 1. The molecule has 8 rings (SSSR count). The van der Waals surface area contributed by atoms with Crippen LogP contribution in [0.1, 0.15) is 11.1 Å². The summed E-state index contributed by atoms with van der Waals surface area (Å²) < 4.78 is 6.42. The van der Waals surface area contributed by atoms with Crippen LogP contribution in [0.3, 0.4) is 0 Å². The van der Waals surface area contributed by atoms with Gasteiger partial charge in [0, 0.05) is 18.8 Å². The van der Waals surface area contributed by atoms with Crippen LogP contribution < -0.4 is 15.4 Å². The maximum Gasteiger partial charge on any atom is 0.150 e. The van der Waals surface area contributed by atoms with Crippen molar-refractivity contribution in [3.63, 3.8) is 0 Å². The van der Waals surface area contributed by atoms with Gasteiger partial charge in [-0.3, -0.25) is 0 Å². The van der Waals surface area contributed by atoms with Crippen molar-refractivity contribution in [3.8, 4) is 11.5 Å². The lowest BCUT2D eigenvalue weighted by molar-refractivity contribution is 0.484. The molecule has 0 bridgehead atoms. The average molecular weight is 581 g/mol. The molecule has 3 nitrogen and oxygen atoms in total. The van der Waals surface area contributed by atoms with E-state index in [2.05, 4.69) is 138 Å². The second kappa shape index (κ2) is 11.7. The molecular weight excluding hydrogens is 548 g/mol. The molecule has 0 saturated heterocycles. The first kappa shape index (κ1) is 26.8. The maximum atomic E-state index is 6.42. The second-order valence-electron chi connectivity index (χ2n) is 11.4. The number of hydrogen-bond acceptors (Lipinski definition) is 3. The van der Waals surface area contributed by atoms with Crippen molar-refractivity contribution in [2.75, 3.05) is 10.6 Å². The van der Waals surface area contributed by atoms with Crippen molar-refractivity contribution < 1.29 is 4.74 Å². The summed E-state index contributed by atoms with van der Waals surface area (Å²) in [6.45, 7) is 1.42. The molecular formula is C42H32N2O. The molecule has 0 unspecified atom stereocenters. The minimum atomic E-state index is 0.688. The van der Waals surface area contributed by atoms with E-state index in [0.29, 0.717) is 6.54 Å². The predicted octanol–water partition coefficient (Wildman–Crippen LogP) is 11.3. The highest BCUT2D eigenvalue weighted by atomic mass is 16.5. The Morgan fingerprint density at radius 2 is 0.822 bits per heavy atom. The highest BCUT2D eigenvalue weighted by Gasteiger charge is 2.11. The lowest BCUT2D eigenvalue weighted by Gasteiger charge is -2.16. The van der Waals surface area contributed by atoms with Crippen LogP contribution in [-0.4, -0.2) is 0 Å². The first-order valence-corrected chi connectivity index (χ1v) is 15.4. The van der Waals surface area contributed by atoms with E-state index in [1.807, 2.05) is 30.3 Å². The van der Waals surface area contributed by atoms with Crippen LogP contribution in [0.4, 0.5) is 11.4 Å². The number of rotatable bonds is 8. The first-order chi connectivity index (χ1) is 22.3. The van der Waals surface area contributed by atoms with Crippen LogP contribution in [-0.2, 0) is 13.1 Å². The molecule has 0 aliphatic rings. The van der Waals surface area contributed by atoms with E-state index in [1.165, 1.54) is 54.2 Å². The van der Waals surface area contributed by atoms with Gasteiger partial charge in [0.25, 0.3) is 0 Å². The van der Waals surface area contributed by atoms with Gasteiger partial charge in [0.15, 0.2) is 5.75 Å². The van der Waals surface area contributed by atoms with Crippen LogP contribution in [0.5, 0.6) is 11.5 Å². The standard InChI is InChI=1S/C42H32N2O/c1-5-15-35-29(11-1)25-30-12-2-6-16-36(30)39(35)27-43-33-21-23-34(24-22-33)45-42-20-10-9-19-41(42)44-28-40-37-17-7-3-13-31(37)26-32-14-4-8-18-38(32)40/h1-26,43-44H,27-28H2. The quantitative estimate of drug-likeness (QED) is 0.175. The third-order valence-corrected chi connectivity index (χ3v) is 8.66. The molecule has 0 spiro atoms. The fraction of sp³-hybridized carbons (Fsp3) is 0.0476. The van der Waals surface area contributed by atoms with E-state index in [4.69, 9.17) is 4.74 Å². The molecule has 0 fully saturated rings. The fourth-order valence-corrected chi connectivity index (χ4v) is 6.44. The normalized spacial score (nSPS) is 11.3. The fourth-order valence-electron chi connectivity index (χ4n) is 6.44. The summed E-state index contributed by atoms with van der Waals surface area (Å²) in [5.41, 5.74) is 4.60. The van der Waals surface area contributed by atoms with Crippen molar-refractivity contribution in [1.29, 1.82) is 0 Å². The average Bonchev–Trinajstić information content (AvgIpc) is 3.09. The van der Waals surface area contributed by atoms with Gasteiger partial charge in [0.1, 0.15) is 5.75 Å². The summed E-state index contributed by atoms with van der Waals surface area (Å²) in [5.74, 6) is 1.59. The molecule has 0 atom stereocenters. The van der Waals surface area contributed by atoms with E-state index in [0.717, 1.165) is 29.4 Å². The van der Waals surface area contributed by atoms with Gasteiger partial charge in [-0.1, -0.05) is 109 Å². The summed E-state index contributed by atoms with van der Waals surface area (Å²) in [6, 6.07) is 55.4. The largest absolute Gasteiger partial charge is 0.455 e. The monoisotopic (exact) mass is 580 g/mol. The summed E-state index contributed by atoms with van der Waals surface area (Å²) in [6.07, 6.45) is 0. The van der Waals surface area contributed by atoms with E-state index in [1.54, 1.807) is 0 Å². The van der Waals surface area contributed by atoms with Gasteiger partial charge >= 0.3 is 0 Å². The Bertz CT molecular complexity index is 2200. The summed E-state index contributed by atoms with van der Waals surface area (Å²) in [4.78, 5) is 0. The molecule has 0 aliphatic carbocycles. The molecule has 3 heteroatoms. The maximum absolute atomic E-state index is 6.42. The molecule has 45 heavy (non-hydrogen) atoms. The predicted molar refractivity (Wildman–Crippen MR) is 191 cm³/mol. The van der Waals surface area contributed by atoms with Crippen molar-refractivity contribution >= 4 is 54.5 Å². The van der Waals surface area contributed by atoms with Crippen molar-refractivity contribution in [1.82, 2.24) is 0 Å². The lowest BCUT2D eigenvalue weighted by atomic mass is 9.96. The molecule has 0 radical (unpaired) electrons. The molecule has 216 valence electrons. The topological polar surface area (TPSA) is 33.3 Å². The third kappa shape index (κ3) is 5.30. The van der Waals surface area contributed by atoms with Gasteiger partial charge < -0.3 is 15.4 Å². The first-order valence-electron chi connectivity index (χ1n) is 15.4. The highest BCUT2D eigenvalue weighted by molar-refractivity contribution is 6.03. The Kier molecular flexibility index (Phi) is 6.97. The van der Waals surface area contributed by atoms with Crippen molar-refractivity contribution in [2.24, 2.45) is 0 Å². The van der Waals surface area contributed by atoms with Gasteiger partial charge in [-0.15, -0.1) is 0 Å². The summed E-state index contributed by atoms with van der Waals surface area (Å²) in [7, 11) is 0. The van der Waals surface area contributed by atoms with Crippen molar-refractivity contribution in [2.45, 2.75) is 13.1 Å². The zero-order chi connectivity index (χ0) is 30.0. The molecule has 0 aliphatic heterocycles. The van der Waals surface area contributed by atoms with Gasteiger partial charge in [-0.2, -0.15) is 0 Å². The molecule has 0 aromatic heterocycles.